The third kappa shape index (κ3) is 1.28. The van der Waals surface area contributed by atoms with Crippen molar-refractivity contribution in [2.24, 2.45) is 7.05 Å². The van der Waals surface area contributed by atoms with Crippen molar-refractivity contribution in [3.63, 3.8) is 0 Å². The lowest BCUT2D eigenvalue weighted by Crippen LogP contribution is -2.04. The molecule has 2 aromatic heterocycles. The average Bonchev–Trinajstić information content (AvgIpc) is 2.90. The molecule has 0 atom stereocenters. The second-order valence-electron chi connectivity index (χ2n) is 4.97. The van der Waals surface area contributed by atoms with Gasteiger partial charge in [0.05, 0.1) is 11.6 Å². The molecule has 0 amide bonds. The van der Waals surface area contributed by atoms with Gasteiger partial charge in [-0.15, -0.1) is 5.10 Å². The van der Waals surface area contributed by atoms with E-state index in [1.54, 1.807) is 9.48 Å². The van der Waals surface area contributed by atoms with E-state index in [4.69, 9.17) is 0 Å². The first-order valence-corrected chi connectivity index (χ1v) is 6.05. The minimum Gasteiger partial charge on any atom is -0.247 e. The lowest BCUT2D eigenvalue weighted by atomic mass is 10.1. The van der Waals surface area contributed by atoms with E-state index in [-0.39, 0.29) is 6.04 Å². The SMILES string of the molecule is Cc1c2nn(C(C)C)nc2c(C)c2c1nnn2C. The molecule has 0 N–H and O–H groups in total. The summed E-state index contributed by atoms with van der Waals surface area (Å²) in [6.07, 6.45) is 0. The smallest absolute Gasteiger partial charge is 0.118 e. The summed E-state index contributed by atoms with van der Waals surface area (Å²) in [6, 6.07) is 0.255. The molecule has 0 unspecified atom stereocenters. The Kier molecular flexibility index (Phi) is 2.17. The molecule has 0 aliphatic carbocycles. The molecule has 2 heterocycles. The highest BCUT2D eigenvalue weighted by atomic mass is 15.5. The van der Waals surface area contributed by atoms with Gasteiger partial charge in [-0.3, -0.25) is 0 Å². The monoisotopic (exact) mass is 244 g/mol. The summed E-state index contributed by atoms with van der Waals surface area (Å²) >= 11 is 0. The molecule has 3 aromatic rings. The molecule has 0 aliphatic rings. The minimum absolute atomic E-state index is 0.255. The second-order valence-corrected chi connectivity index (χ2v) is 4.97. The van der Waals surface area contributed by atoms with E-state index in [0.29, 0.717) is 0 Å². The number of rotatable bonds is 1. The third-order valence-corrected chi connectivity index (χ3v) is 3.34. The molecular weight excluding hydrogens is 228 g/mol. The lowest BCUT2D eigenvalue weighted by molar-refractivity contribution is 0.472. The van der Waals surface area contributed by atoms with Crippen LogP contribution in [0.3, 0.4) is 0 Å². The van der Waals surface area contributed by atoms with Crippen LogP contribution in [0.1, 0.15) is 31.0 Å². The molecule has 0 radical (unpaired) electrons. The Morgan fingerprint density at radius 3 is 2.17 bits per heavy atom. The molecule has 0 saturated carbocycles. The zero-order chi connectivity index (χ0) is 13.0. The third-order valence-electron chi connectivity index (χ3n) is 3.34. The van der Waals surface area contributed by atoms with Crippen LogP contribution in [0.15, 0.2) is 0 Å². The summed E-state index contributed by atoms with van der Waals surface area (Å²) in [7, 11) is 1.90. The number of aromatic nitrogens is 6. The van der Waals surface area contributed by atoms with Gasteiger partial charge in [-0.2, -0.15) is 15.0 Å². The van der Waals surface area contributed by atoms with E-state index >= 15 is 0 Å². The maximum atomic E-state index is 4.58. The zero-order valence-electron chi connectivity index (χ0n) is 11.3. The molecule has 3 rings (SSSR count). The van der Waals surface area contributed by atoms with Crippen molar-refractivity contribution in [1.82, 2.24) is 30.0 Å². The fraction of sp³-hybridized carbons (Fsp3) is 0.500. The number of fused-ring (bicyclic) bond motifs is 2. The quantitative estimate of drug-likeness (QED) is 0.656. The van der Waals surface area contributed by atoms with E-state index in [0.717, 1.165) is 33.2 Å². The lowest BCUT2D eigenvalue weighted by Gasteiger charge is -2.01. The predicted molar refractivity (Wildman–Crippen MR) is 69.5 cm³/mol. The van der Waals surface area contributed by atoms with Gasteiger partial charge in [0, 0.05) is 18.2 Å². The maximum absolute atomic E-state index is 4.58. The summed E-state index contributed by atoms with van der Waals surface area (Å²) < 4.78 is 1.80. The number of benzene rings is 1. The van der Waals surface area contributed by atoms with E-state index in [1.807, 2.05) is 20.9 Å². The fourth-order valence-corrected chi connectivity index (χ4v) is 2.31. The topological polar surface area (TPSA) is 61.4 Å². The number of nitrogens with zero attached hydrogens (tertiary/aromatic N) is 6. The van der Waals surface area contributed by atoms with Crippen molar-refractivity contribution in [2.75, 3.05) is 0 Å². The zero-order valence-corrected chi connectivity index (χ0v) is 11.3. The van der Waals surface area contributed by atoms with Crippen LogP contribution in [0.5, 0.6) is 0 Å². The summed E-state index contributed by atoms with van der Waals surface area (Å²) in [6.45, 7) is 8.22. The van der Waals surface area contributed by atoms with Crippen molar-refractivity contribution in [3.8, 4) is 0 Å². The number of aryl methyl sites for hydroxylation is 3. The van der Waals surface area contributed by atoms with Crippen molar-refractivity contribution >= 4 is 22.1 Å². The van der Waals surface area contributed by atoms with Gasteiger partial charge in [-0.05, 0) is 27.7 Å². The van der Waals surface area contributed by atoms with Crippen LogP contribution < -0.4 is 0 Å². The second kappa shape index (κ2) is 3.51. The summed E-state index contributed by atoms with van der Waals surface area (Å²) in [4.78, 5) is 1.76. The van der Waals surface area contributed by atoms with Gasteiger partial charge in [0.2, 0.25) is 0 Å². The summed E-state index contributed by atoms with van der Waals surface area (Å²) in [5.74, 6) is 0. The number of hydrogen-bond donors (Lipinski definition) is 0. The highest BCUT2D eigenvalue weighted by molar-refractivity contribution is 5.98. The molecule has 0 fully saturated rings. The van der Waals surface area contributed by atoms with Crippen LogP contribution >= 0.6 is 0 Å². The Balaban J connectivity index is 2.51. The molecule has 94 valence electrons. The van der Waals surface area contributed by atoms with Crippen LogP contribution in [0.25, 0.3) is 22.1 Å². The summed E-state index contributed by atoms with van der Waals surface area (Å²) in [5.41, 5.74) is 5.96. The molecule has 6 nitrogen and oxygen atoms in total. The highest BCUT2D eigenvalue weighted by Gasteiger charge is 2.18. The molecule has 6 heteroatoms. The van der Waals surface area contributed by atoms with Crippen molar-refractivity contribution < 1.29 is 0 Å². The van der Waals surface area contributed by atoms with Crippen LogP contribution in [-0.2, 0) is 7.05 Å². The van der Waals surface area contributed by atoms with Crippen LogP contribution in [0, 0.1) is 13.8 Å². The largest absolute Gasteiger partial charge is 0.247 e. The van der Waals surface area contributed by atoms with E-state index < -0.39 is 0 Å². The average molecular weight is 244 g/mol. The van der Waals surface area contributed by atoms with Gasteiger partial charge in [0.15, 0.2) is 0 Å². The Hall–Kier alpha value is -1.98. The number of hydrogen-bond acceptors (Lipinski definition) is 4. The van der Waals surface area contributed by atoms with Gasteiger partial charge >= 0.3 is 0 Å². The van der Waals surface area contributed by atoms with Crippen molar-refractivity contribution in [3.05, 3.63) is 11.1 Å². The van der Waals surface area contributed by atoms with E-state index in [2.05, 4.69) is 34.4 Å². The molecule has 1 aromatic carbocycles. The maximum Gasteiger partial charge on any atom is 0.118 e. The summed E-state index contributed by atoms with van der Waals surface area (Å²) in [5, 5.41) is 17.4. The minimum atomic E-state index is 0.255. The van der Waals surface area contributed by atoms with Gasteiger partial charge in [-0.25, -0.2) is 4.68 Å². The van der Waals surface area contributed by atoms with Crippen LogP contribution in [0.4, 0.5) is 0 Å². The molecule has 0 spiro atoms. The first-order valence-electron chi connectivity index (χ1n) is 6.05. The Morgan fingerprint density at radius 1 is 0.944 bits per heavy atom. The Labute approximate surface area is 105 Å². The standard InChI is InChI=1S/C12H16N6/c1-6(2)18-14-9-7(3)11-12(17(5)16-13-11)8(4)10(9)15-18/h6H,1-5H3. The van der Waals surface area contributed by atoms with Gasteiger partial charge in [-0.1, -0.05) is 5.21 Å². The highest BCUT2D eigenvalue weighted by Crippen LogP contribution is 2.28. The molecule has 18 heavy (non-hydrogen) atoms. The van der Waals surface area contributed by atoms with Gasteiger partial charge in [0.1, 0.15) is 16.6 Å². The van der Waals surface area contributed by atoms with Crippen LogP contribution in [0.2, 0.25) is 0 Å². The Bertz CT molecular complexity index is 749. The van der Waals surface area contributed by atoms with Gasteiger partial charge < -0.3 is 0 Å². The first-order chi connectivity index (χ1) is 8.50. The molecule has 0 bridgehead atoms. The van der Waals surface area contributed by atoms with E-state index in [1.165, 1.54) is 0 Å². The van der Waals surface area contributed by atoms with E-state index in [9.17, 15) is 0 Å². The van der Waals surface area contributed by atoms with Gasteiger partial charge in [0.25, 0.3) is 0 Å². The van der Waals surface area contributed by atoms with Crippen molar-refractivity contribution in [2.45, 2.75) is 33.7 Å². The fourth-order valence-electron chi connectivity index (χ4n) is 2.31. The molecular formula is C12H16N6. The molecule has 0 saturated heterocycles. The van der Waals surface area contributed by atoms with Crippen molar-refractivity contribution in [1.29, 1.82) is 0 Å². The molecule has 0 aliphatic heterocycles. The van der Waals surface area contributed by atoms with Crippen LogP contribution in [-0.4, -0.2) is 30.0 Å². The Morgan fingerprint density at radius 2 is 1.56 bits per heavy atom. The first kappa shape index (κ1) is 11.1. The predicted octanol–water partition coefficient (Wildman–Crippen LogP) is 1.91. The normalized spacial score (nSPS) is 12.1.